The van der Waals surface area contributed by atoms with Gasteiger partial charge in [0.1, 0.15) is 0 Å². The molecular formula is C35H26BN. The second-order valence-corrected chi connectivity index (χ2v) is 9.04. The summed E-state index contributed by atoms with van der Waals surface area (Å²) >= 11 is 0. The van der Waals surface area contributed by atoms with E-state index in [-0.39, 0.29) is 0 Å². The predicted molar refractivity (Wildman–Crippen MR) is 159 cm³/mol. The fraction of sp³-hybridized carbons (Fsp3) is 0. The zero-order chi connectivity index (χ0) is 24.9. The number of hydrogen-bond acceptors (Lipinski definition) is 1. The van der Waals surface area contributed by atoms with Gasteiger partial charge in [-0.25, -0.2) is 0 Å². The van der Waals surface area contributed by atoms with Crippen molar-refractivity contribution in [3.8, 4) is 33.3 Å². The first-order valence-electron chi connectivity index (χ1n) is 12.6. The van der Waals surface area contributed by atoms with Crippen molar-refractivity contribution < 1.29 is 0 Å². The van der Waals surface area contributed by atoms with Crippen LogP contribution in [0.4, 0.5) is 17.1 Å². The summed E-state index contributed by atoms with van der Waals surface area (Å²) in [5, 5.41) is 0. The summed E-state index contributed by atoms with van der Waals surface area (Å²) in [6.07, 6.45) is 0. The Morgan fingerprint density at radius 3 is 1.35 bits per heavy atom. The molecule has 0 spiro atoms. The van der Waals surface area contributed by atoms with E-state index < -0.39 is 0 Å². The SMILES string of the molecule is b1ccccc1-c1ccccc1N(c1ccc(-c2ccccc2)cc1)c1ccc(-c2ccccc2)cc1. The first kappa shape index (κ1) is 22.8. The number of nitrogens with zero attached hydrogens (tertiary/aromatic N) is 1. The molecule has 0 bridgehead atoms. The normalized spacial score (nSPS) is 10.6. The fourth-order valence-electron chi connectivity index (χ4n) is 4.82. The van der Waals surface area contributed by atoms with Crippen LogP contribution in [0.3, 0.4) is 0 Å². The van der Waals surface area contributed by atoms with Crippen molar-refractivity contribution in [2.45, 2.75) is 0 Å². The van der Waals surface area contributed by atoms with Crippen LogP contribution in [0.5, 0.6) is 0 Å². The van der Waals surface area contributed by atoms with Crippen LogP contribution >= 0.6 is 0 Å². The van der Waals surface area contributed by atoms with Gasteiger partial charge in [-0.2, -0.15) is 0 Å². The van der Waals surface area contributed by atoms with E-state index in [1.54, 1.807) is 0 Å². The summed E-state index contributed by atoms with van der Waals surface area (Å²) in [6, 6.07) is 53.7. The van der Waals surface area contributed by atoms with E-state index >= 15 is 0 Å². The van der Waals surface area contributed by atoms with E-state index in [9.17, 15) is 0 Å². The third-order valence-corrected chi connectivity index (χ3v) is 6.69. The van der Waals surface area contributed by atoms with Crippen LogP contribution in [0, 0.1) is 0 Å². The van der Waals surface area contributed by atoms with Gasteiger partial charge < -0.3 is 0 Å². The number of rotatable bonds is 6. The molecule has 2 heteroatoms. The molecule has 0 fully saturated rings. The Morgan fingerprint density at radius 2 is 0.838 bits per heavy atom. The monoisotopic (exact) mass is 471 g/mol. The van der Waals surface area contributed by atoms with Gasteiger partial charge in [-0.1, -0.05) is 0 Å². The molecule has 0 atom stereocenters. The van der Waals surface area contributed by atoms with E-state index in [1.165, 1.54) is 33.3 Å². The molecular weight excluding hydrogens is 445 g/mol. The molecule has 0 radical (unpaired) electrons. The molecule has 0 aliphatic heterocycles. The van der Waals surface area contributed by atoms with Crippen LogP contribution in [0.25, 0.3) is 33.3 Å². The van der Waals surface area contributed by atoms with Crippen LogP contribution in [0.15, 0.2) is 158 Å². The van der Waals surface area contributed by atoms with Crippen molar-refractivity contribution in [1.29, 1.82) is 0 Å². The van der Waals surface area contributed by atoms with Gasteiger partial charge in [-0.05, 0) is 0 Å². The minimum atomic E-state index is 1.12. The van der Waals surface area contributed by atoms with Crippen molar-refractivity contribution >= 4 is 24.0 Å². The van der Waals surface area contributed by atoms with Gasteiger partial charge in [-0.15, -0.1) is 0 Å². The molecule has 0 amide bonds. The molecule has 0 N–H and O–H groups in total. The van der Waals surface area contributed by atoms with Gasteiger partial charge in [0, 0.05) is 0 Å². The Bertz CT molecular complexity index is 1490. The van der Waals surface area contributed by atoms with Crippen molar-refractivity contribution in [1.82, 2.24) is 0 Å². The van der Waals surface area contributed by atoms with Crippen LogP contribution in [-0.4, -0.2) is 6.91 Å². The molecule has 0 aliphatic rings. The van der Waals surface area contributed by atoms with E-state index in [1.807, 2.05) is 0 Å². The first-order chi connectivity index (χ1) is 18.4. The third kappa shape index (κ3) is 4.87. The molecule has 6 rings (SSSR count). The fourth-order valence-corrected chi connectivity index (χ4v) is 4.82. The molecule has 1 nitrogen and oxygen atoms in total. The molecule has 0 unspecified atom stereocenters. The zero-order valence-electron chi connectivity index (χ0n) is 20.5. The number of hydrogen-bond donors (Lipinski definition) is 0. The molecule has 0 saturated carbocycles. The molecule has 1 aromatic heterocycles. The quantitative estimate of drug-likeness (QED) is 0.234. The first-order valence-corrected chi connectivity index (χ1v) is 12.6. The maximum absolute atomic E-state index is 2.35. The molecule has 0 aliphatic carbocycles. The zero-order valence-corrected chi connectivity index (χ0v) is 20.5. The number of benzene rings is 5. The summed E-state index contributed by atoms with van der Waals surface area (Å²) < 4.78 is 0. The van der Waals surface area contributed by atoms with Crippen LogP contribution in [0.1, 0.15) is 0 Å². The van der Waals surface area contributed by atoms with Gasteiger partial charge in [0.15, 0.2) is 0 Å². The second-order valence-electron chi connectivity index (χ2n) is 9.04. The van der Waals surface area contributed by atoms with Crippen molar-refractivity contribution in [2.75, 3.05) is 4.90 Å². The summed E-state index contributed by atoms with van der Waals surface area (Å²) in [7, 11) is 0. The molecule has 37 heavy (non-hydrogen) atoms. The van der Waals surface area contributed by atoms with Crippen LogP contribution < -0.4 is 4.90 Å². The Kier molecular flexibility index (Phi) is 6.47. The third-order valence-electron chi connectivity index (χ3n) is 6.69. The Morgan fingerprint density at radius 1 is 0.378 bits per heavy atom. The standard InChI is InChI=1S/C35H26BN/c1-3-11-27(12-4-1)29-18-22-31(23-19-29)37(32-24-20-30(21-25-32)28-13-5-2-6-14-28)35-17-8-7-15-33(35)34-16-9-10-26-36-34/h1-26H. The number of para-hydroxylation sites is 1. The van der Waals surface area contributed by atoms with Crippen molar-refractivity contribution in [3.63, 3.8) is 0 Å². The Labute approximate surface area is 219 Å². The summed E-state index contributed by atoms with van der Waals surface area (Å²) in [4.78, 5) is 2.35. The van der Waals surface area contributed by atoms with E-state index in [0.717, 1.165) is 17.1 Å². The molecule has 1 heterocycles. The van der Waals surface area contributed by atoms with Gasteiger partial charge >= 0.3 is 220 Å². The van der Waals surface area contributed by atoms with Crippen molar-refractivity contribution in [2.24, 2.45) is 0 Å². The Hall–Kier alpha value is -4.69. The Balaban J connectivity index is 1.47. The van der Waals surface area contributed by atoms with E-state index in [2.05, 4.69) is 169 Å². The molecule has 6 aromatic rings. The molecule has 5 aromatic carbocycles. The summed E-state index contributed by atoms with van der Waals surface area (Å²) in [5.41, 5.74) is 10.6. The van der Waals surface area contributed by atoms with Crippen molar-refractivity contribution in [3.05, 3.63) is 158 Å². The van der Waals surface area contributed by atoms with Gasteiger partial charge in [0.25, 0.3) is 0 Å². The predicted octanol–water partition coefficient (Wildman–Crippen LogP) is 9.50. The van der Waals surface area contributed by atoms with E-state index in [0.29, 0.717) is 0 Å². The second kappa shape index (κ2) is 10.5. The maximum atomic E-state index is 2.35. The van der Waals surface area contributed by atoms with Crippen LogP contribution in [0.2, 0.25) is 0 Å². The molecule has 0 saturated heterocycles. The molecule has 174 valence electrons. The van der Waals surface area contributed by atoms with Gasteiger partial charge in [-0.3, -0.25) is 0 Å². The average Bonchev–Trinajstić information content (AvgIpc) is 3.00. The van der Waals surface area contributed by atoms with Crippen LogP contribution in [-0.2, 0) is 0 Å². The van der Waals surface area contributed by atoms with E-state index in [4.69, 9.17) is 0 Å². The van der Waals surface area contributed by atoms with Gasteiger partial charge in [0.05, 0.1) is 0 Å². The summed E-state index contributed by atoms with van der Waals surface area (Å²) in [5.74, 6) is 2.10. The topological polar surface area (TPSA) is 3.24 Å². The number of anilines is 3. The van der Waals surface area contributed by atoms with Gasteiger partial charge in [0.2, 0.25) is 0 Å². The average molecular weight is 471 g/mol. The summed E-state index contributed by atoms with van der Waals surface area (Å²) in [6.45, 7) is 2.17. The minimum absolute atomic E-state index is 1.12.